The van der Waals surface area contributed by atoms with Gasteiger partial charge in [-0.25, -0.2) is 4.79 Å². The molecule has 1 heterocycles. The van der Waals surface area contributed by atoms with Crippen molar-refractivity contribution in [2.24, 2.45) is 0 Å². The molecule has 2 amide bonds. The predicted octanol–water partition coefficient (Wildman–Crippen LogP) is 3.04. The van der Waals surface area contributed by atoms with E-state index in [-0.39, 0.29) is 6.03 Å². The lowest BCUT2D eigenvalue weighted by atomic mass is 10.1. The van der Waals surface area contributed by atoms with Gasteiger partial charge in [0, 0.05) is 32.4 Å². The zero-order chi connectivity index (χ0) is 16.8. The van der Waals surface area contributed by atoms with Crippen LogP contribution in [0.3, 0.4) is 0 Å². The Kier molecular flexibility index (Phi) is 5.79. The van der Waals surface area contributed by atoms with Gasteiger partial charge in [-0.05, 0) is 44.4 Å². The third-order valence-corrected chi connectivity index (χ3v) is 3.94. The molecule has 1 aromatic heterocycles. The van der Waals surface area contributed by atoms with E-state index in [0.29, 0.717) is 13.1 Å². The van der Waals surface area contributed by atoms with Crippen LogP contribution < -0.4 is 5.32 Å². The Morgan fingerprint density at radius 3 is 2.65 bits per heavy atom. The quantitative estimate of drug-likeness (QED) is 0.833. The summed E-state index contributed by atoms with van der Waals surface area (Å²) in [6.45, 7) is 8.20. The molecule has 0 aliphatic rings. The fraction of sp³-hybridized carbons (Fsp3) is 0.444. The van der Waals surface area contributed by atoms with E-state index in [2.05, 4.69) is 42.5 Å². The molecule has 1 aromatic carbocycles. The molecule has 0 saturated heterocycles. The number of aromatic nitrogens is 2. The van der Waals surface area contributed by atoms with Gasteiger partial charge in [0.15, 0.2) is 0 Å². The molecular weight excluding hydrogens is 288 g/mol. The number of hydrogen-bond donors (Lipinski definition) is 1. The minimum absolute atomic E-state index is 0.0402. The van der Waals surface area contributed by atoms with Crippen LogP contribution in [0.15, 0.2) is 30.3 Å². The molecule has 5 nitrogen and oxygen atoms in total. The lowest BCUT2D eigenvalue weighted by Gasteiger charge is -2.19. The van der Waals surface area contributed by atoms with Gasteiger partial charge in [-0.3, -0.25) is 4.68 Å². The van der Waals surface area contributed by atoms with Crippen LogP contribution >= 0.6 is 0 Å². The van der Waals surface area contributed by atoms with Crippen molar-refractivity contribution in [1.82, 2.24) is 20.0 Å². The number of carbonyl (C=O) groups excluding carboxylic acids is 1. The molecule has 1 N–H and O–H groups in total. The maximum atomic E-state index is 12.1. The zero-order valence-electron chi connectivity index (χ0n) is 14.5. The fourth-order valence-corrected chi connectivity index (χ4v) is 2.58. The normalized spacial score (nSPS) is 10.6. The molecule has 124 valence electrons. The summed E-state index contributed by atoms with van der Waals surface area (Å²) < 4.78 is 1.98. The first kappa shape index (κ1) is 17.1. The van der Waals surface area contributed by atoms with Crippen LogP contribution in [0.25, 0.3) is 0 Å². The van der Waals surface area contributed by atoms with Crippen LogP contribution in [0.2, 0.25) is 0 Å². The van der Waals surface area contributed by atoms with Crippen LogP contribution in [0.4, 0.5) is 4.79 Å². The molecule has 0 radical (unpaired) electrons. The molecule has 0 atom stereocenters. The van der Waals surface area contributed by atoms with Crippen LogP contribution in [0.1, 0.15) is 28.9 Å². The Morgan fingerprint density at radius 1 is 1.26 bits per heavy atom. The summed E-state index contributed by atoms with van der Waals surface area (Å²) in [4.78, 5) is 13.8. The summed E-state index contributed by atoms with van der Waals surface area (Å²) >= 11 is 0. The SMILES string of the molecule is Cc1cc(C)n(CCCNC(=O)N(C)Cc2ccccc2C)n1. The average molecular weight is 314 g/mol. The third kappa shape index (κ3) is 4.84. The molecule has 0 fully saturated rings. The maximum absolute atomic E-state index is 12.1. The topological polar surface area (TPSA) is 50.2 Å². The van der Waals surface area contributed by atoms with Crippen molar-refractivity contribution in [3.63, 3.8) is 0 Å². The van der Waals surface area contributed by atoms with Gasteiger partial charge >= 0.3 is 6.03 Å². The molecule has 0 unspecified atom stereocenters. The molecule has 0 spiro atoms. The Labute approximate surface area is 138 Å². The lowest BCUT2D eigenvalue weighted by Crippen LogP contribution is -2.37. The number of urea groups is 1. The van der Waals surface area contributed by atoms with E-state index in [1.807, 2.05) is 30.8 Å². The van der Waals surface area contributed by atoms with Crippen molar-refractivity contribution >= 4 is 6.03 Å². The summed E-state index contributed by atoms with van der Waals surface area (Å²) in [7, 11) is 1.82. The molecule has 5 heteroatoms. The minimum Gasteiger partial charge on any atom is -0.338 e. The van der Waals surface area contributed by atoms with Crippen molar-refractivity contribution < 1.29 is 4.79 Å². The molecule has 0 aliphatic heterocycles. The number of amides is 2. The summed E-state index contributed by atoms with van der Waals surface area (Å²) in [5.74, 6) is 0. The van der Waals surface area contributed by atoms with Gasteiger partial charge in [0.05, 0.1) is 5.69 Å². The monoisotopic (exact) mass is 314 g/mol. The number of nitrogens with one attached hydrogen (secondary N) is 1. The fourth-order valence-electron chi connectivity index (χ4n) is 2.58. The smallest absolute Gasteiger partial charge is 0.317 e. The highest BCUT2D eigenvalue weighted by atomic mass is 16.2. The first-order valence-electron chi connectivity index (χ1n) is 8.02. The second-order valence-corrected chi connectivity index (χ2v) is 6.02. The molecule has 23 heavy (non-hydrogen) atoms. The van der Waals surface area contributed by atoms with Gasteiger partial charge in [0.2, 0.25) is 0 Å². The third-order valence-electron chi connectivity index (χ3n) is 3.94. The summed E-state index contributed by atoms with van der Waals surface area (Å²) in [5, 5.41) is 7.39. The van der Waals surface area contributed by atoms with Crippen molar-refractivity contribution in [2.75, 3.05) is 13.6 Å². The molecule has 0 bridgehead atoms. The number of nitrogens with zero attached hydrogens (tertiary/aromatic N) is 3. The Balaban J connectivity index is 1.74. The van der Waals surface area contributed by atoms with Crippen molar-refractivity contribution in [3.05, 3.63) is 52.8 Å². The highest BCUT2D eigenvalue weighted by molar-refractivity contribution is 5.73. The van der Waals surface area contributed by atoms with E-state index >= 15 is 0 Å². The van der Waals surface area contributed by atoms with Crippen molar-refractivity contribution in [1.29, 1.82) is 0 Å². The van der Waals surface area contributed by atoms with Gasteiger partial charge in [-0.15, -0.1) is 0 Å². The molecule has 2 aromatic rings. The number of aryl methyl sites for hydroxylation is 4. The van der Waals surface area contributed by atoms with Crippen LogP contribution in [-0.4, -0.2) is 34.3 Å². The maximum Gasteiger partial charge on any atom is 0.317 e. The second kappa shape index (κ2) is 7.81. The number of benzene rings is 1. The Morgan fingerprint density at radius 2 is 2.00 bits per heavy atom. The van der Waals surface area contributed by atoms with E-state index < -0.39 is 0 Å². The van der Waals surface area contributed by atoms with E-state index in [0.717, 1.165) is 24.4 Å². The van der Waals surface area contributed by atoms with Gasteiger partial charge in [-0.1, -0.05) is 24.3 Å². The van der Waals surface area contributed by atoms with Gasteiger partial charge < -0.3 is 10.2 Å². The van der Waals surface area contributed by atoms with E-state index in [1.165, 1.54) is 11.1 Å². The highest BCUT2D eigenvalue weighted by Gasteiger charge is 2.09. The minimum atomic E-state index is -0.0402. The van der Waals surface area contributed by atoms with Gasteiger partial charge in [-0.2, -0.15) is 5.10 Å². The highest BCUT2D eigenvalue weighted by Crippen LogP contribution is 2.09. The van der Waals surface area contributed by atoms with E-state index in [1.54, 1.807) is 4.90 Å². The number of rotatable bonds is 6. The summed E-state index contributed by atoms with van der Waals surface area (Å²) in [6, 6.07) is 10.2. The van der Waals surface area contributed by atoms with Crippen molar-refractivity contribution in [3.8, 4) is 0 Å². The summed E-state index contributed by atoms with van der Waals surface area (Å²) in [5.41, 5.74) is 4.57. The zero-order valence-corrected chi connectivity index (χ0v) is 14.5. The average Bonchev–Trinajstić information content (AvgIpc) is 2.83. The number of hydrogen-bond acceptors (Lipinski definition) is 2. The van der Waals surface area contributed by atoms with Crippen LogP contribution in [0, 0.1) is 20.8 Å². The van der Waals surface area contributed by atoms with Crippen molar-refractivity contribution in [2.45, 2.75) is 40.3 Å². The lowest BCUT2D eigenvalue weighted by molar-refractivity contribution is 0.206. The predicted molar refractivity (Wildman–Crippen MR) is 92.4 cm³/mol. The standard InChI is InChI=1S/C18H26N4O/c1-14-8-5-6-9-17(14)13-21(4)18(23)19-10-7-11-22-16(3)12-15(2)20-22/h5-6,8-9,12H,7,10-11,13H2,1-4H3,(H,19,23). The molecule has 0 saturated carbocycles. The first-order chi connectivity index (χ1) is 11.0. The second-order valence-electron chi connectivity index (χ2n) is 6.02. The Hall–Kier alpha value is -2.30. The van der Waals surface area contributed by atoms with Gasteiger partial charge in [0.1, 0.15) is 0 Å². The Bertz CT molecular complexity index is 663. The van der Waals surface area contributed by atoms with Gasteiger partial charge in [0.25, 0.3) is 0 Å². The van der Waals surface area contributed by atoms with Crippen LogP contribution in [0.5, 0.6) is 0 Å². The van der Waals surface area contributed by atoms with E-state index in [4.69, 9.17) is 0 Å². The largest absolute Gasteiger partial charge is 0.338 e. The van der Waals surface area contributed by atoms with Crippen LogP contribution in [-0.2, 0) is 13.1 Å². The molecular formula is C18H26N4O. The summed E-state index contributed by atoms with van der Waals surface area (Å²) in [6.07, 6.45) is 0.867. The number of carbonyl (C=O) groups is 1. The molecule has 0 aliphatic carbocycles. The molecule has 2 rings (SSSR count). The first-order valence-corrected chi connectivity index (χ1v) is 8.02. The van der Waals surface area contributed by atoms with E-state index in [9.17, 15) is 4.79 Å².